The van der Waals surface area contributed by atoms with Gasteiger partial charge in [-0.3, -0.25) is 19.5 Å². The van der Waals surface area contributed by atoms with E-state index in [1.807, 2.05) is 0 Å². The fourth-order valence-corrected chi connectivity index (χ4v) is 2.40. The fraction of sp³-hybridized carbons (Fsp3) is 0.250. The third-order valence-corrected chi connectivity index (χ3v) is 3.44. The summed E-state index contributed by atoms with van der Waals surface area (Å²) in [5.74, 6) is -0.0893. The second kappa shape index (κ2) is 6.20. The number of aromatic nitrogens is 6. The minimum Gasteiger partial charge on any atom is -0.295 e. The average molecular weight is 339 g/mol. The van der Waals surface area contributed by atoms with E-state index in [9.17, 15) is 13.6 Å². The van der Waals surface area contributed by atoms with Gasteiger partial charge in [0.2, 0.25) is 5.13 Å². The SMILES string of the molecule is Cn1cc(-c2nsc(NC(=O)c3ccn(CC(F)F)n3)n2)cn1. The molecule has 0 saturated carbocycles. The third-order valence-electron chi connectivity index (χ3n) is 2.81. The van der Waals surface area contributed by atoms with Crippen LogP contribution < -0.4 is 5.32 Å². The lowest BCUT2D eigenvalue weighted by atomic mass is 10.3. The zero-order valence-electron chi connectivity index (χ0n) is 11.8. The molecule has 0 aliphatic rings. The molecule has 0 saturated heterocycles. The molecule has 1 amide bonds. The van der Waals surface area contributed by atoms with E-state index in [4.69, 9.17) is 0 Å². The lowest BCUT2D eigenvalue weighted by molar-refractivity contribution is 0.101. The summed E-state index contributed by atoms with van der Waals surface area (Å²) in [4.78, 5) is 16.2. The summed E-state index contributed by atoms with van der Waals surface area (Å²) in [6.07, 6.45) is 2.15. The Balaban J connectivity index is 1.68. The number of halogens is 2. The van der Waals surface area contributed by atoms with E-state index >= 15 is 0 Å². The highest BCUT2D eigenvalue weighted by molar-refractivity contribution is 7.10. The molecule has 0 spiro atoms. The number of rotatable bonds is 5. The quantitative estimate of drug-likeness (QED) is 0.763. The number of hydrogen-bond donors (Lipinski definition) is 1. The van der Waals surface area contributed by atoms with Gasteiger partial charge in [0.05, 0.1) is 11.8 Å². The molecule has 0 fully saturated rings. The van der Waals surface area contributed by atoms with Crippen molar-refractivity contribution in [3.05, 3.63) is 30.4 Å². The Hall–Kier alpha value is -2.69. The van der Waals surface area contributed by atoms with Crippen LogP contribution in [0.3, 0.4) is 0 Å². The molecule has 0 atom stereocenters. The van der Waals surface area contributed by atoms with Crippen molar-refractivity contribution in [1.82, 2.24) is 28.9 Å². The summed E-state index contributed by atoms with van der Waals surface area (Å²) in [7, 11) is 1.77. The highest BCUT2D eigenvalue weighted by atomic mass is 32.1. The van der Waals surface area contributed by atoms with Crippen LogP contribution in [0.2, 0.25) is 0 Å². The lowest BCUT2D eigenvalue weighted by Gasteiger charge is -1.99. The number of nitrogens with zero attached hydrogens (tertiary/aromatic N) is 6. The van der Waals surface area contributed by atoms with Gasteiger partial charge in [-0.1, -0.05) is 0 Å². The van der Waals surface area contributed by atoms with Gasteiger partial charge in [-0.25, -0.2) is 8.78 Å². The molecule has 0 unspecified atom stereocenters. The first-order valence-corrected chi connectivity index (χ1v) is 7.24. The van der Waals surface area contributed by atoms with E-state index in [0.717, 1.165) is 21.8 Å². The number of hydrogen-bond acceptors (Lipinski definition) is 6. The lowest BCUT2D eigenvalue weighted by Crippen LogP contribution is -2.14. The molecule has 23 heavy (non-hydrogen) atoms. The van der Waals surface area contributed by atoms with E-state index in [1.54, 1.807) is 24.1 Å². The van der Waals surface area contributed by atoms with Gasteiger partial charge >= 0.3 is 0 Å². The summed E-state index contributed by atoms with van der Waals surface area (Å²) >= 11 is 1.01. The first kappa shape index (κ1) is 15.2. The Labute approximate surface area is 132 Å². The van der Waals surface area contributed by atoms with Crippen molar-refractivity contribution in [3.8, 4) is 11.4 Å². The molecule has 3 rings (SSSR count). The first-order chi connectivity index (χ1) is 11.0. The number of aryl methyl sites for hydroxylation is 1. The fourth-order valence-electron chi connectivity index (χ4n) is 1.82. The number of anilines is 1. The van der Waals surface area contributed by atoms with Gasteiger partial charge in [0.1, 0.15) is 6.54 Å². The Morgan fingerprint density at radius 2 is 2.30 bits per heavy atom. The summed E-state index contributed by atoms with van der Waals surface area (Å²) in [6.45, 7) is -0.558. The Kier molecular flexibility index (Phi) is 4.10. The molecule has 3 heterocycles. The van der Waals surface area contributed by atoms with Crippen LogP contribution in [0.1, 0.15) is 10.5 Å². The van der Waals surface area contributed by atoms with Crippen molar-refractivity contribution in [2.24, 2.45) is 7.05 Å². The highest BCUT2D eigenvalue weighted by Gasteiger charge is 2.15. The number of carbonyl (C=O) groups is 1. The predicted molar refractivity (Wildman–Crippen MR) is 78.3 cm³/mol. The van der Waals surface area contributed by atoms with Crippen LogP contribution in [0.25, 0.3) is 11.4 Å². The molecule has 0 aliphatic carbocycles. The van der Waals surface area contributed by atoms with Gasteiger partial charge < -0.3 is 0 Å². The summed E-state index contributed by atoms with van der Waals surface area (Å²) < 4.78 is 31.3. The second-order valence-corrected chi connectivity index (χ2v) is 5.35. The van der Waals surface area contributed by atoms with Crippen molar-refractivity contribution in [1.29, 1.82) is 0 Å². The van der Waals surface area contributed by atoms with Gasteiger partial charge in [-0.15, -0.1) is 0 Å². The standard InChI is InChI=1S/C12H11F2N7OS/c1-20-5-7(4-15-20)10-16-12(23-19-10)17-11(22)8-2-3-21(18-8)6-9(13)14/h2-5,9H,6H2,1H3,(H,16,17,19,22). The Morgan fingerprint density at radius 1 is 1.48 bits per heavy atom. The third kappa shape index (κ3) is 3.56. The monoisotopic (exact) mass is 339 g/mol. The van der Waals surface area contributed by atoms with Gasteiger partial charge in [-0.2, -0.15) is 19.6 Å². The minimum atomic E-state index is -2.53. The van der Waals surface area contributed by atoms with Crippen molar-refractivity contribution < 1.29 is 13.6 Å². The van der Waals surface area contributed by atoms with E-state index in [-0.39, 0.29) is 10.8 Å². The van der Waals surface area contributed by atoms with Crippen LogP contribution in [0.15, 0.2) is 24.7 Å². The van der Waals surface area contributed by atoms with E-state index in [1.165, 1.54) is 12.3 Å². The average Bonchev–Trinajstić information content (AvgIpc) is 3.19. The molecule has 0 radical (unpaired) electrons. The van der Waals surface area contributed by atoms with Gasteiger partial charge in [0.15, 0.2) is 11.5 Å². The summed E-state index contributed by atoms with van der Waals surface area (Å²) in [5.41, 5.74) is 0.759. The predicted octanol–water partition coefficient (Wildman–Crippen LogP) is 1.65. The van der Waals surface area contributed by atoms with E-state index in [2.05, 4.69) is 24.9 Å². The van der Waals surface area contributed by atoms with Crippen LogP contribution in [-0.4, -0.2) is 41.3 Å². The maximum atomic E-state index is 12.3. The van der Waals surface area contributed by atoms with Crippen LogP contribution in [0.5, 0.6) is 0 Å². The molecule has 1 N–H and O–H groups in total. The molecule has 8 nitrogen and oxygen atoms in total. The number of nitrogens with one attached hydrogen (secondary N) is 1. The van der Waals surface area contributed by atoms with Crippen molar-refractivity contribution in [2.75, 3.05) is 5.32 Å². The van der Waals surface area contributed by atoms with E-state index < -0.39 is 18.9 Å². The van der Waals surface area contributed by atoms with Gasteiger partial charge in [0, 0.05) is 31.0 Å². The molecule has 0 aliphatic heterocycles. The van der Waals surface area contributed by atoms with Crippen LogP contribution >= 0.6 is 11.5 Å². The Bertz CT molecular complexity index is 825. The molecule has 3 aromatic heterocycles. The largest absolute Gasteiger partial charge is 0.295 e. The molecule has 0 bridgehead atoms. The normalized spacial score (nSPS) is 11.1. The van der Waals surface area contributed by atoms with E-state index in [0.29, 0.717) is 5.82 Å². The maximum Gasteiger partial charge on any atom is 0.277 e. The van der Waals surface area contributed by atoms with Gasteiger partial charge in [0.25, 0.3) is 12.3 Å². The summed E-state index contributed by atoms with van der Waals surface area (Å²) in [5, 5.41) is 10.6. The van der Waals surface area contributed by atoms with Crippen LogP contribution in [-0.2, 0) is 13.6 Å². The first-order valence-electron chi connectivity index (χ1n) is 6.47. The second-order valence-electron chi connectivity index (χ2n) is 4.59. The van der Waals surface area contributed by atoms with Gasteiger partial charge in [-0.05, 0) is 6.07 Å². The zero-order valence-corrected chi connectivity index (χ0v) is 12.7. The van der Waals surface area contributed by atoms with Crippen molar-refractivity contribution >= 4 is 22.6 Å². The molecular formula is C12H11F2N7OS. The minimum absolute atomic E-state index is 0.0313. The number of alkyl halides is 2. The smallest absolute Gasteiger partial charge is 0.277 e. The van der Waals surface area contributed by atoms with Crippen molar-refractivity contribution in [2.45, 2.75) is 13.0 Å². The number of amides is 1. The highest BCUT2D eigenvalue weighted by Crippen LogP contribution is 2.20. The van der Waals surface area contributed by atoms with Crippen LogP contribution in [0, 0.1) is 0 Å². The zero-order chi connectivity index (χ0) is 16.4. The van der Waals surface area contributed by atoms with Crippen LogP contribution in [0.4, 0.5) is 13.9 Å². The number of carbonyl (C=O) groups excluding carboxylic acids is 1. The Morgan fingerprint density at radius 3 is 3.00 bits per heavy atom. The molecule has 0 aromatic carbocycles. The molecule has 3 aromatic rings. The maximum absolute atomic E-state index is 12.3. The molecule has 11 heteroatoms. The molecule has 120 valence electrons. The molecular weight excluding hydrogens is 328 g/mol. The van der Waals surface area contributed by atoms with Crippen molar-refractivity contribution in [3.63, 3.8) is 0 Å². The topological polar surface area (TPSA) is 90.5 Å². The summed E-state index contributed by atoms with van der Waals surface area (Å²) in [6, 6.07) is 1.36.